The second-order valence-electron chi connectivity index (χ2n) is 3.06. The molecule has 0 aliphatic rings. The molecule has 1 heterocycles. The average molecular weight is 174 g/mol. The SMILES string of the molecule is Cc1nn(C)c(=O)c2ccccc12. The molecule has 1 aromatic heterocycles. The van der Waals surface area contributed by atoms with E-state index in [4.69, 9.17) is 0 Å². The molecule has 1 aromatic carbocycles. The summed E-state index contributed by atoms with van der Waals surface area (Å²) in [6, 6.07) is 7.52. The van der Waals surface area contributed by atoms with Crippen LogP contribution in [0, 0.1) is 6.92 Å². The standard InChI is InChI=1S/C10H10N2O/c1-7-8-5-3-4-6-9(8)10(13)12(2)11-7/h3-6H,1-2H3. The van der Waals surface area contributed by atoms with Gasteiger partial charge in [-0.25, -0.2) is 4.68 Å². The number of hydrogen-bond acceptors (Lipinski definition) is 2. The van der Waals surface area contributed by atoms with Crippen molar-refractivity contribution in [3.8, 4) is 0 Å². The summed E-state index contributed by atoms with van der Waals surface area (Å²) >= 11 is 0. The minimum Gasteiger partial charge on any atom is -0.267 e. The number of hydrogen-bond donors (Lipinski definition) is 0. The summed E-state index contributed by atoms with van der Waals surface area (Å²) in [6.45, 7) is 1.90. The van der Waals surface area contributed by atoms with E-state index in [1.54, 1.807) is 7.05 Å². The van der Waals surface area contributed by atoms with Crippen LogP contribution in [0.1, 0.15) is 5.69 Å². The molecule has 2 rings (SSSR count). The first-order valence-electron chi connectivity index (χ1n) is 4.13. The van der Waals surface area contributed by atoms with Crippen molar-refractivity contribution < 1.29 is 0 Å². The lowest BCUT2D eigenvalue weighted by Crippen LogP contribution is -2.20. The molecule has 2 aromatic rings. The van der Waals surface area contributed by atoms with Crippen molar-refractivity contribution >= 4 is 10.8 Å². The molecule has 0 saturated heterocycles. The van der Waals surface area contributed by atoms with Gasteiger partial charge in [-0.2, -0.15) is 5.10 Å². The molecule has 66 valence electrons. The Labute approximate surface area is 75.6 Å². The lowest BCUT2D eigenvalue weighted by atomic mass is 10.1. The molecule has 3 heteroatoms. The van der Waals surface area contributed by atoms with Crippen LogP contribution in [0.3, 0.4) is 0 Å². The lowest BCUT2D eigenvalue weighted by molar-refractivity contribution is 0.705. The van der Waals surface area contributed by atoms with Crippen LogP contribution in [0.5, 0.6) is 0 Å². The highest BCUT2D eigenvalue weighted by Crippen LogP contribution is 2.10. The topological polar surface area (TPSA) is 34.9 Å². The molecule has 0 spiro atoms. The van der Waals surface area contributed by atoms with Crippen LogP contribution >= 0.6 is 0 Å². The first kappa shape index (κ1) is 7.98. The predicted molar refractivity (Wildman–Crippen MR) is 51.7 cm³/mol. The van der Waals surface area contributed by atoms with E-state index in [-0.39, 0.29) is 5.56 Å². The Hall–Kier alpha value is -1.64. The molecule has 3 nitrogen and oxygen atoms in total. The molecule has 0 saturated carbocycles. The van der Waals surface area contributed by atoms with E-state index < -0.39 is 0 Å². The molecule has 0 bridgehead atoms. The van der Waals surface area contributed by atoms with Gasteiger partial charge in [-0.15, -0.1) is 0 Å². The van der Waals surface area contributed by atoms with Crippen molar-refractivity contribution in [1.29, 1.82) is 0 Å². The quantitative estimate of drug-likeness (QED) is 0.602. The zero-order valence-electron chi connectivity index (χ0n) is 7.61. The normalized spacial score (nSPS) is 10.6. The average Bonchev–Trinajstić information content (AvgIpc) is 2.15. The van der Waals surface area contributed by atoms with E-state index in [9.17, 15) is 4.79 Å². The molecule has 0 fully saturated rings. The molecule has 0 N–H and O–H groups in total. The lowest BCUT2D eigenvalue weighted by Gasteiger charge is -2.02. The highest BCUT2D eigenvalue weighted by molar-refractivity contribution is 5.83. The third-order valence-corrected chi connectivity index (χ3v) is 2.14. The maximum absolute atomic E-state index is 11.6. The molecule has 0 unspecified atom stereocenters. The van der Waals surface area contributed by atoms with Crippen molar-refractivity contribution in [2.75, 3.05) is 0 Å². The maximum atomic E-state index is 11.6. The third-order valence-electron chi connectivity index (χ3n) is 2.14. The van der Waals surface area contributed by atoms with Crippen molar-refractivity contribution in [3.05, 3.63) is 40.3 Å². The smallest absolute Gasteiger partial charge is 0.267 e. The largest absolute Gasteiger partial charge is 0.274 e. The van der Waals surface area contributed by atoms with Gasteiger partial charge >= 0.3 is 0 Å². The summed E-state index contributed by atoms with van der Waals surface area (Å²) in [7, 11) is 1.67. The van der Waals surface area contributed by atoms with E-state index in [2.05, 4.69) is 5.10 Å². The Balaban J connectivity index is 3.06. The van der Waals surface area contributed by atoms with Gasteiger partial charge in [0.25, 0.3) is 5.56 Å². The van der Waals surface area contributed by atoms with Gasteiger partial charge in [0.2, 0.25) is 0 Å². The van der Waals surface area contributed by atoms with E-state index in [0.717, 1.165) is 16.5 Å². The van der Waals surface area contributed by atoms with Gasteiger partial charge < -0.3 is 0 Å². The van der Waals surface area contributed by atoms with E-state index in [0.29, 0.717) is 0 Å². The number of aryl methyl sites for hydroxylation is 2. The molecule has 13 heavy (non-hydrogen) atoms. The summed E-state index contributed by atoms with van der Waals surface area (Å²) in [5.74, 6) is 0. The number of nitrogens with zero attached hydrogens (tertiary/aromatic N) is 2. The zero-order chi connectivity index (χ0) is 9.42. The highest BCUT2D eigenvalue weighted by atomic mass is 16.1. The first-order chi connectivity index (χ1) is 6.20. The third kappa shape index (κ3) is 1.13. The number of rotatable bonds is 0. The van der Waals surface area contributed by atoms with E-state index in [1.165, 1.54) is 4.68 Å². The number of benzene rings is 1. The van der Waals surface area contributed by atoms with Crippen LogP contribution in [0.4, 0.5) is 0 Å². The number of aromatic nitrogens is 2. The Morgan fingerprint density at radius 2 is 1.85 bits per heavy atom. The summed E-state index contributed by atoms with van der Waals surface area (Å²) in [6.07, 6.45) is 0. The monoisotopic (exact) mass is 174 g/mol. The van der Waals surface area contributed by atoms with Crippen molar-refractivity contribution in [3.63, 3.8) is 0 Å². The van der Waals surface area contributed by atoms with Crippen molar-refractivity contribution in [1.82, 2.24) is 9.78 Å². The van der Waals surface area contributed by atoms with Gasteiger partial charge in [0, 0.05) is 12.4 Å². The predicted octanol–water partition coefficient (Wildman–Crippen LogP) is 1.24. The summed E-state index contributed by atoms with van der Waals surface area (Å²) in [5, 5.41) is 5.78. The van der Waals surface area contributed by atoms with Gasteiger partial charge in [-0.3, -0.25) is 4.79 Å². The van der Waals surface area contributed by atoms with Gasteiger partial charge in [-0.1, -0.05) is 18.2 Å². The first-order valence-corrected chi connectivity index (χ1v) is 4.13. The Kier molecular flexibility index (Phi) is 1.65. The van der Waals surface area contributed by atoms with Crippen molar-refractivity contribution in [2.24, 2.45) is 7.05 Å². The molecule has 0 radical (unpaired) electrons. The summed E-state index contributed by atoms with van der Waals surface area (Å²) in [5.41, 5.74) is 0.846. The minimum atomic E-state index is -0.0406. The van der Waals surface area contributed by atoms with Gasteiger partial charge in [0.15, 0.2) is 0 Å². The maximum Gasteiger partial charge on any atom is 0.274 e. The fraction of sp³-hybridized carbons (Fsp3) is 0.200. The molecule has 0 atom stereocenters. The van der Waals surface area contributed by atoms with Crippen LogP contribution in [0.2, 0.25) is 0 Å². The Bertz CT molecular complexity index is 514. The Morgan fingerprint density at radius 3 is 2.54 bits per heavy atom. The van der Waals surface area contributed by atoms with Crippen LogP contribution in [-0.4, -0.2) is 9.78 Å². The van der Waals surface area contributed by atoms with E-state index >= 15 is 0 Å². The van der Waals surface area contributed by atoms with E-state index in [1.807, 2.05) is 31.2 Å². The fourth-order valence-electron chi connectivity index (χ4n) is 1.48. The zero-order valence-corrected chi connectivity index (χ0v) is 7.61. The second kappa shape index (κ2) is 2.69. The second-order valence-corrected chi connectivity index (χ2v) is 3.06. The molecular formula is C10H10N2O. The highest BCUT2D eigenvalue weighted by Gasteiger charge is 2.02. The van der Waals surface area contributed by atoms with Crippen molar-refractivity contribution in [2.45, 2.75) is 6.92 Å². The molecule has 0 aliphatic carbocycles. The van der Waals surface area contributed by atoms with Crippen LogP contribution < -0.4 is 5.56 Å². The number of fused-ring (bicyclic) bond motifs is 1. The summed E-state index contributed by atoms with van der Waals surface area (Å²) in [4.78, 5) is 11.6. The Morgan fingerprint density at radius 1 is 1.23 bits per heavy atom. The van der Waals surface area contributed by atoms with Gasteiger partial charge in [-0.05, 0) is 13.0 Å². The minimum absolute atomic E-state index is 0.0406. The molecular weight excluding hydrogens is 164 g/mol. The van der Waals surface area contributed by atoms with Crippen LogP contribution in [0.25, 0.3) is 10.8 Å². The fourth-order valence-corrected chi connectivity index (χ4v) is 1.48. The summed E-state index contributed by atoms with van der Waals surface area (Å²) < 4.78 is 1.37. The van der Waals surface area contributed by atoms with Crippen LogP contribution in [-0.2, 0) is 7.05 Å². The van der Waals surface area contributed by atoms with Gasteiger partial charge in [0.05, 0.1) is 11.1 Å². The molecule has 0 amide bonds. The van der Waals surface area contributed by atoms with Gasteiger partial charge in [0.1, 0.15) is 0 Å². The van der Waals surface area contributed by atoms with Crippen LogP contribution in [0.15, 0.2) is 29.1 Å². The molecule has 0 aliphatic heterocycles.